The van der Waals surface area contributed by atoms with Crippen molar-refractivity contribution in [1.82, 2.24) is 9.55 Å². The minimum atomic E-state index is -4.72. The van der Waals surface area contributed by atoms with Gasteiger partial charge in [0.2, 0.25) is 5.82 Å². The molecule has 0 fully saturated rings. The lowest BCUT2D eigenvalue weighted by Crippen LogP contribution is -2.15. The Morgan fingerprint density at radius 1 is 1.27 bits per heavy atom. The zero-order chi connectivity index (χ0) is 16.3. The summed E-state index contributed by atoms with van der Waals surface area (Å²) in [5.41, 5.74) is 0.0304. The van der Waals surface area contributed by atoms with Crippen molar-refractivity contribution in [2.24, 2.45) is 0 Å². The molecule has 0 unspecified atom stereocenters. The minimum absolute atomic E-state index is 0.0607. The number of benzene rings is 1. The second kappa shape index (κ2) is 6.17. The smallest absolute Gasteiger partial charge is 0.450 e. The van der Waals surface area contributed by atoms with Gasteiger partial charge in [0.1, 0.15) is 6.67 Å². The zero-order valence-electron chi connectivity index (χ0n) is 11.5. The highest BCUT2D eigenvalue weighted by Gasteiger charge is 2.37. The van der Waals surface area contributed by atoms with Crippen molar-refractivity contribution in [3.8, 4) is 5.69 Å². The van der Waals surface area contributed by atoms with Crippen LogP contribution in [0.1, 0.15) is 28.8 Å². The van der Waals surface area contributed by atoms with Gasteiger partial charge in [-0.25, -0.2) is 14.2 Å². The van der Waals surface area contributed by atoms with Crippen LogP contribution >= 0.6 is 0 Å². The number of carbonyl (C=O) groups excluding carboxylic acids is 1. The molecule has 0 radical (unpaired) electrons. The number of ether oxygens (including phenoxy) is 1. The molecule has 0 atom stereocenters. The van der Waals surface area contributed by atoms with E-state index in [1.165, 1.54) is 24.3 Å². The van der Waals surface area contributed by atoms with Crippen LogP contribution in [0.3, 0.4) is 0 Å². The first kappa shape index (κ1) is 16.0. The van der Waals surface area contributed by atoms with Crippen LogP contribution in [0.5, 0.6) is 0 Å². The van der Waals surface area contributed by atoms with Crippen molar-refractivity contribution < 1.29 is 27.1 Å². The molecule has 0 saturated heterocycles. The molecule has 0 aliphatic carbocycles. The largest absolute Gasteiger partial charge is 0.462 e. The summed E-state index contributed by atoms with van der Waals surface area (Å²) >= 11 is 0. The normalized spacial score (nSPS) is 11.5. The van der Waals surface area contributed by atoms with Crippen LogP contribution in [0.25, 0.3) is 5.69 Å². The molecule has 118 valence electrons. The molecule has 0 aliphatic heterocycles. The van der Waals surface area contributed by atoms with E-state index >= 15 is 0 Å². The lowest BCUT2D eigenvalue weighted by molar-refractivity contribution is -0.146. The molecule has 0 saturated carbocycles. The highest BCUT2D eigenvalue weighted by molar-refractivity contribution is 5.89. The molecule has 0 N–H and O–H groups in total. The van der Waals surface area contributed by atoms with Crippen molar-refractivity contribution in [1.29, 1.82) is 0 Å². The van der Waals surface area contributed by atoms with Crippen LogP contribution in [0.2, 0.25) is 0 Å². The molecule has 1 aromatic heterocycles. The van der Waals surface area contributed by atoms with E-state index in [1.54, 1.807) is 6.92 Å². The van der Waals surface area contributed by atoms with E-state index in [2.05, 4.69) is 4.98 Å². The highest BCUT2D eigenvalue weighted by atomic mass is 19.4. The maximum Gasteiger partial charge on any atom is 0.450 e. The van der Waals surface area contributed by atoms with E-state index in [-0.39, 0.29) is 23.6 Å². The molecular weight excluding hydrogens is 304 g/mol. The average Bonchev–Trinajstić information content (AvgIpc) is 2.91. The molecular formula is C14H12F4N2O2. The van der Waals surface area contributed by atoms with E-state index in [0.717, 1.165) is 6.20 Å². The minimum Gasteiger partial charge on any atom is -0.462 e. The molecule has 8 heteroatoms. The van der Waals surface area contributed by atoms with Crippen molar-refractivity contribution in [2.45, 2.75) is 19.8 Å². The van der Waals surface area contributed by atoms with Crippen LogP contribution < -0.4 is 0 Å². The number of carbonyl (C=O) groups is 1. The maximum absolute atomic E-state index is 12.9. The van der Waals surface area contributed by atoms with E-state index < -0.39 is 24.6 Å². The van der Waals surface area contributed by atoms with Gasteiger partial charge in [-0.2, -0.15) is 13.2 Å². The molecule has 2 aromatic rings. The van der Waals surface area contributed by atoms with Gasteiger partial charge in [0.05, 0.1) is 24.1 Å². The number of aromatic nitrogens is 2. The van der Waals surface area contributed by atoms with Crippen molar-refractivity contribution >= 4 is 5.97 Å². The van der Waals surface area contributed by atoms with Crippen molar-refractivity contribution in [2.75, 3.05) is 6.61 Å². The fourth-order valence-corrected chi connectivity index (χ4v) is 1.93. The van der Waals surface area contributed by atoms with E-state index in [0.29, 0.717) is 4.57 Å². The second-order valence-corrected chi connectivity index (χ2v) is 4.31. The first-order valence-corrected chi connectivity index (χ1v) is 6.35. The van der Waals surface area contributed by atoms with E-state index in [4.69, 9.17) is 4.74 Å². The Morgan fingerprint density at radius 2 is 1.91 bits per heavy atom. The molecule has 0 bridgehead atoms. The molecule has 1 aromatic carbocycles. The maximum atomic E-state index is 12.9. The molecule has 2 rings (SSSR count). The van der Waals surface area contributed by atoms with Gasteiger partial charge in [0.15, 0.2) is 0 Å². The standard InChI is InChI=1S/C14H12F4N2O2/c1-2-22-12(21)9-3-5-10(6-4-9)20-11(7-15)8-19-13(20)14(16,17)18/h3-6,8H,2,7H2,1H3. The van der Waals surface area contributed by atoms with Crippen LogP contribution in [-0.4, -0.2) is 22.1 Å². The third-order valence-corrected chi connectivity index (χ3v) is 2.86. The summed E-state index contributed by atoms with van der Waals surface area (Å²) in [5, 5.41) is 0. The number of imidazole rings is 1. The molecule has 1 heterocycles. The van der Waals surface area contributed by atoms with Gasteiger partial charge >= 0.3 is 12.1 Å². The summed E-state index contributed by atoms with van der Waals surface area (Å²) in [4.78, 5) is 14.7. The number of nitrogens with zero attached hydrogens (tertiary/aromatic N) is 2. The SMILES string of the molecule is CCOC(=O)c1ccc(-n2c(CF)cnc2C(F)(F)F)cc1. The van der Waals surface area contributed by atoms with Gasteiger partial charge in [0.25, 0.3) is 0 Å². The van der Waals surface area contributed by atoms with Crippen molar-refractivity contribution in [3.05, 3.63) is 47.5 Å². The second-order valence-electron chi connectivity index (χ2n) is 4.31. The fraction of sp³-hybridized carbons (Fsp3) is 0.286. The molecule has 0 spiro atoms. The average molecular weight is 316 g/mol. The van der Waals surface area contributed by atoms with Crippen LogP contribution in [0.15, 0.2) is 30.5 Å². The van der Waals surface area contributed by atoms with Crippen LogP contribution in [0.4, 0.5) is 17.6 Å². The summed E-state index contributed by atoms with van der Waals surface area (Å²) in [7, 11) is 0. The topological polar surface area (TPSA) is 44.1 Å². The Morgan fingerprint density at radius 3 is 2.41 bits per heavy atom. The number of hydrogen-bond donors (Lipinski definition) is 0. The lowest BCUT2D eigenvalue weighted by atomic mass is 10.2. The predicted molar refractivity (Wildman–Crippen MR) is 69.3 cm³/mol. The van der Waals surface area contributed by atoms with E-state index in [1.807, 2.05) is 0 Å². The van der Waals surface area contributed by atoms with Crippen LogP contribution in [-0.2, 0) is 17.6 Å². The molecule has 22 heavy (non-hydrogen) atoms. The van der Waals surface area contributed by atoms with Crippen LogP contribution in [0, 0.1) is 0 Å². The Hall–Kier alpha value is -2.38. The monoisotopic (exact) mass is 316 g/mol. The summed E-state index contributed by atoms with van der Waals surface area (Å²) in [5.74, 6) is -1.80. The number of alkyl halides is 4. The molecule has 4 nitrogen and oxygen atoms in total. The Bertz CT molecular complexity index is 662. The number of hydrogen-bond acceptors (Lipinski definition) is 3. The Labute approximate surface area is 123 Å². The summed E-state index contributed by atoms with van der Waals surface area (Å²) < 4.78 is 57.1. The van der Waals surface area contributed by atoms with Gasteiger partial charge in [-0.15, -0.1) is 0 Å². The first-order chi connectivity index (χ1) is 10.4. The third kappa shape index (κ3) is 3.10. The Kier molecular flexibility index (Phi) is 4.48. The summed E-state index contributed by atoms with van der Waals surface area (Å²) in [6.07, 6.45) is -3.88. The van der Waals surface area contributed by atoms with Gasteiger partial charge in [-0.1, -0.05) is 0 Å². The zero-order valence-corrected chi connectivity index (χ0v) is 11.5. The predicted octanol–water partition coefficient (Wildman–Crippen LogP) is 3.54. The number of rotatable bonds is 4. The van der Waals surface area contributed by atoms with Gasteiger partial charge < -0.3 is 4.74 Å². The Balaban J connectivity index is 2.44. The quantitative estimate of drug-likeness (QED) is 0.640. The fourth-order valence-electron chi connectivity index (χ4n) is 1.93. The highest BCUT2D eigenvalue weighted by Crippen LogP contribution is 2.31. The lowest BCUT2D eigenvalue weighted by Gasteiger charge is -2.13. The third-order valence-electron chi connectivity index (χ3n) is 2.86. The van der Waals surface area contributed by atoms with Crippen molar-refractivity contribution in [3.63, 3.8) is 0 Å². The van der Waals surface area contributed by atoms with Gasteiger partial charge in [-0.3, -0.25) is 4.57 Å². The number of esters is 1. The molecule has 0 aliphatic rings. The van der Waals surface area contributed by atoms with Gasteiger partial charge in [-0.05, 0) is 31.2 Å². The number of halogens is 4. The summed E-state index contributed by atoms with van der Waals surface area (Å²) in [6, 6.07) is 5.19. The molecule has 0 amide bonds. The van der Waals surface area contributed by atoms with E-state index in [9.17, 15) is 22.4 Å². The summed E-state index contributed by atoms with van der Waals surface area (Å²) in [6.45, 7) is 0.732. The van der Waals surface area contributed by atoms with Gasteiger partial charge in [0, 0.05) is 5.69 Å². The first-order valence-electron chi connectivity index (χ1n) is 6.35.